The predicted molar refractivity (Wildman–Crippen MR) is 120 cm³/mol. The van der Waals surface area contributed by atoms with Crippen molar-refractivity contribution >= 4 is 11.6 Å². The second-order valence-corrected chi connectivity index (χ2v) is 8.98. The predicted octanol–water partition coefficient (Wildman–Crippen LogP) is 4.90. The minimum Gasteiger partial charge on any atom is -0.368 e. The average Bonchev–Trinajstić information content (AvgIpc) is 2.80. The standard InChI is InChI=1S/C25H30F3N3O/c1-19-9-11-29(12-10-19)18-20-5-7-21(8-6-20)24(32)31-15-13-30(14-16-31)23-4-2-3-22(17-23)25(26,27)28/h2-8,17,19H,9-16,18H2,1H3. The summed E-state index contributed by atoms with van der Waals surface area (Å²) in [6.45, 7) is 7.46. The molecule has 0 aliphatic carbocycles. The highest BCUT2D eigenvalue weighted by Crippen LogP contribution is 2.32. The minimum absolute atomic E-state index is 0.0213. The Morgan fingerprint density at radius 1 is 0.938 bits per heavy atom. The van der Waals surface area contributed by atoms with Gasteiger partial charge in [-0.15, -0.1) is 0 Å². The van der Waals surface area contributed by atoms with Crippen molar-refractivity contribution in [2.75, 3.05) is 44.2 Å². The van der Waals surface area contributed by atoms with Crippen LogP contribution < -0.4 is 4.90 Å². The van der Waals surface area contributed by atoms with Crippen LogP contribution in [0.5, 0.6) is 0 Å². The van der Waals surface area contributed by atoms with Crippen molar-refractivity contribution in [3.63, 3.8) is 0 Å². The van der Waals surface area contributed by atoms with Gasteiger partial charge in [0, 0.05) is 44.0 Å². The summed E-state index contributed by atoms with van der Waals surface area (Å²) in [5.74, 6) is 0.785. The molecule has 0 unspecified atom stereocenters. The molecular weight excluding hydrogens is 415 g/mol. The minimum atomic E-state index is -4.35. The largest absolute Gasteiger partial charge is 0.416 e. The van der Waals surface area contributed by atoms with Crippen LogP contribution in [0.25, 0.3) is 0 Å². The van der Waals surface area contributed by atoms with E-state index in [0.717, 1.165) is 31.6 Å². The van der Waals surface area contributed by atoms with Gasteiger partial charge in [0.05, 0.1) is 5.56 Å². The average molecular weight is 446 g/mol. The summed E-state index contributed by atoms with van der Waals surface area (Å²) in [5.41, 5.74) is 1.77. The van der Waals surface area contributed by atoms with Crippen molar-refractivity contribution in [3.8, 4) is 0 Å². The second kappa shape index (κ2) is 9.53. The molecule has 2 aliphatic rings. The fourth-order valence-electron chi connectivity index (χ4n) is 4.46. The topological polar surface area (TPSA) is 26.8 Å². The third kappa shape index (κ3) is 5.44. The third-order valence-electron chi connectivity index (χ3n) is 6.59. The number of carbonyl (C=O) groups excluding carboxylic acids is 1. The molecule has 0 radical (unpaired) electrons. The Labute approximate surface area is 187 Å². The molecule has 1 amide bonds. The maximum absolute atomic E-state index is 13.0. The normalized spacial score (nSPS) is 18.8. The second-order valence-electron chi connectivity index (χ2n) is 8.98. The van der Waals surface area contributed by atoms with Gasteiger partial charge in [-0.3, -0.25) is 9.69 Å². The Bertz CT molecular complexity index is 913. The van der Waals surface area contributed by atoms with Gasteiger partial charge in [0.2, 0.25) is 0 Å². The van der Waals surface area contributed by atoms with Crippen LogP contribution in [0.15, 0.2) is 48.5 Å². The van der Waals surface area contributed by atoms with Crippen molar-refractivity contribution < 1.29 is 18.0 Å². The molecule has 4 rings (SSSR count). The van der Waals surface area contributed by atoms with E-state index < -0.39 is 11.7 Å². The smallest absolute Gasteiger partial charge is 0.368 e. The lowest BCUT2D eigenvalue weighted by molar-refractivity contribution is -0.137. The van der Waals surface area contributed by atoms with Crippen molar-refractivity contribution in [3.05, 3.63) is 65.2 Å². The van der Waals surface area contributed by atoms with E-state index >= 15 is 0 Å². The van der Waals surface area contributed by atoms with Gasteiger partial charge in [-0.1, -0.05) is 25.1 Å². The monoisotopic (exact) mass is 445 g/mol. The van der Waals surface area contributed by atoms with E-state index in [1.54, 1.807) is 11.0 Å². The molecule has 172 valence electrons. The van der Waals surface area contributed by atoms with Gasteiger partial charge in [-0.25, -0.2) is 0 Å². The molecule has 0 spiro atoms. The highest BCUT2D eigenvalue weighted by atomic mass is 19.4. The van der Waals surface area contributed by atoms with Gasteiger partial charge < -0.3 is 9.80 Å². The molecule has 2 saturated heterocycles. The van der Waals surface area contributed by atoms with Crippen LogP contribution in [0.4, 0.5) is 18.9 Å². The molecule has 2 aromatic carbocycles. The van der Waals surface area contributed by atoms with Crippen LogP contribution in [0, 0.1) is 5.92 Å². The number of nitrogens with zero attached hydrogens (tertiary/aromatic N) is 3. The molecule has 0 saturated carbocycles. The lowest BCUT2D eigenvalue weighted by atomic mass is 9.99. The number of alkyl halides is 3. The van der Waals surface area contributed by atoms with E-state index in [0.29, 0.717) is 37.4 Å². The van der Waals surface area contributed by atoms with Crippen molar-refractivity contribution in [2.24, 2.45) is 5.92 Å². The molecule has 0 N–H and O–H groups in total. The first-order valence-electron chi connectivity index (χ1n) is 11.3. The van der Waals surface area contributed by atoms with E-state index in [1.807, 2.05) is 29.2 Å². The Kier molecular flexibility index (Phi) is 6.74. The lowest BCUT2D eigenvalue weighted by Gasteiger charge is -2.36. The Morgan fingerprint density at radius 3 is 2.22 bits per heavy atom. The van der Waals surface area contributed by atoms with Crippen LogP contribution in [-0.2, 0) is 12.7 Å². The summed E-state index contributed by atoms with van der Waals surface area (Å²) in [7, 11) is 0. The van der Waals surface area contributed by atoms with Gasteiger partial charge in [-0.05, 0) is 67.7 Å². The Morgan fingerprint density at radius 2 is 1.59 bits per heavy atom. The quantitative estimate of drug-likeness (QED) is 0.670. The van der Waals surface area contributed by atoms with Crippen molar-refractivity contribution in [2.45, 2.75) is 32.5 Å². The summed E-state index contributed by atoms with van der Waals surface area (Å²) in [4.78, 5) is 19.1. The van der Waals surface area contributed by atoms with Crippen molar-refractivity contribution in [1.29, 1.82) is 0 Å². The van der Waals surface area contributed by atoms with Crippen LogP contribution in [0.3, 0.4) is 0 Å². The first kappa shape index (κ1) is 22.6. The van der Waals surface area contributed by atoms with Crippen LogP contribution in [0.2, 0.25) is 0 Å². The number of benzene rings is 2. The number of anilines is 1. The number of carbonyl (C=O) groups is 1. The SMILES string of the molecule is CC1CCN(Cc2ccc(C(=O)N3CCN(c4cccc(C(F)(F)F)c4)CC3)cc2)CC1. The van der Waals surface area contributed by atoms with E-state index in [1.165, 1.54) is 30.5 Å². The summed E-state index contributed by atoms with van der Waals surface area (Å²) < 4.78 is 39.0. The maximum atomic E-state index is 13.0. The highest BCUT2D eigenvalue weighted by Gasteiger charge is 2.31. The van der Waals surface area contributed by atoms with Crippen LogP contribution in [0.1, 0.15) is 41.3 Å². The fraction of sp³-hybridized carbons (Fsp3) is 0.480. The lowest BCUT2D eigenvalue weighted by Crippen LogP contribution is -2.48. The first-order valence-corrected chi connectivity index (χ1v) is 11.3. The Hall–Kier alpha value is -2.54. The van der Waals surface area contributed by atoms with Crippen LogP contribution >= 0.6 is 0 Å². The molecule has 0 atom stereocenters. The number of hydrogen-bond acceptors (Lipinski definition) is 3. The molecule has 0 bridgehead atoms. The number of amides is 1. The third-order valence-corrected chi connectivity index (χ3v) is 6.59. The molecule has 2 aliphatic heterocycles. The van der Waals surface area contributed by atoms with Crippen molar-refractivity contribution in [1.82, 2.24) is 9.80 Å². The first-order chi connectivity index (χ1) is 15.3. The van der Waals surface area contributed by atoms with Gasteiger partial charge in [0.15, 0.2) is 0 Å². The summed E-state index contributed by atoms with van der Waals surface area (Å²) in [5, 5.41) is 0. The summed E-state index contributed by atoms with van der Waals surface area (Å²) in [6.07, 6.45) is -1.88. The highest BCUT2D eigenvalue weighted by molar-refractivity contribution is 5.94. The molecule has 2 aromatic rings. The van der Waals surface area contributed by atoms with E-state index in [-0.39, 0.29) is 5.91 Å². The van der Waals surface area contributed by atoms with Gasteiger partial charge in [0.25, 0.3) is 5.91 Å². The number of halogens is 3. The molecular formula is C25H30F3N3O. The number of likely N-dealkylation sites (tertiary alicyclic amines) is 1. The zero-order valence-corrected chi connectivity index (χ0v) is 18.4. The molecule has 4 nitrogen and oxygen atoms in total. The van der Waals surface area contributed by atoms with Crippen LogP contribution in [-0.4, -0.2) is 55.0 Å². The maximum Gasteiger partial charge on any atom is 0.416 e. The van der Waals surface area contributed by atoms with Gasteiger partial charge in [0.1, 0.15) is 0 Å². The number of piperazine rings is 1. The number of rotatable bonds is 4. The van der Waals surface area contributed by atoms with Gasteiger partial charge >= 0.3 is 6.18 Å². The molecule has 2 fully saturated rings. The summed E-state index contributed by atoms with van der Waals surface area (Å²) >= 11 is 0. The summed E-state index contributed by atoms with van der Waals surface area (Å²) in [6, 6.07) is 13.2. The number of hydrogen-bond donors (Lipinski definition) is 0. The Balaban J connectivity index is 1.31. The molecule has 7 heteroatoms. The molecule has 32 heavy (non-hydrogen) atoms. The van der Waals surface area contributed by atoms with Gasteiger partial charge in [-0.2, -0.15) is 13.2 Å². The zero-order chi connectivity index (χ0) is 22.7. The van der Waals surface area contributed by atoms with E-state index in [2.05, 4.69) is 11.8 Å². The zero-order valence-electron chi connectivity index (χ0n) is 18.4. The molecule has 0 aromatic heterocycles. The van der Waals surface area contributed by atoms with E-state index in [9.17, 15) is 18.0 Å². The molecule has 2 heterocycles. The fourth-order valence-corrected chi connectivity index (χ4v) is 4.46. The van der Waals surface area contributed by atoms with E-state index in [4.69, 9.17) is 0 Å². The number of piperidine rings is 1.